The van der Waals surface area contributed by atoms with Crippen LogP contribution in [0, 0.1) is 5.92 Å². The quantitative estimate of drug-likeness (QED) is 0.454. The molecule has 1 aliphatic heterocycles. The number of fused-ring (bicyclic) bond motifs is 1. The number of aromatic nitrogens is 3. The highest BCUT2D eigenvalue weighted by atomic mass is 16.5. The number of benzene rings is 2. The highest BCUT2D eigenvalue weighted by molar-refractivity contribution is 5.99. The van der Waals surface area contributed by atoms with Crippen molar-refractivity contribution in [2.75, 3.05) is 38.7 Å². The van der Waals surface area contributed by atoms with E-state index in [-0.39, 0.29) is 11.8 Å². The van der Waals surface area contributed by atoms with Gasteiger partial charge in [0.1, 0.15) is 11.6 Å². The first-order valence-corrected chi connectivity index (χ1v) is 11.4. The molecule has 1 amide bonds. The van der Waals surface area contributed by atoms with Gasteiger partial charge in [0.2, 0.25) is 0 Å². The van der Waals surface area contributed by atoms with Gasteiger partial charge in [-0.3, -0.25) is 9.89 Å². The molecule has 34 heavy (non-hydrogen) atoms. The van der Waals surface area contributed by atoms with E-state index < -0.39 is 0 Å². The second-order valence-electron chi connectivity index (χ2n) is 8.40. The average Bonchev–Trinajstić information content (AvgIpc) is 3.24. The first kappa shape index (κ1) is 21.9. The normalized spacial score (nSPS) is 16.3. The lowest BCUT2D eigenvalue weighted by Gasteiger charge is -2.25. The van der Waals surface area contributed by atoms with Gasteiger partial charge in [-0.2, -0.15) is 5.10 Å². The molecule has 8 heteroatoms. The number of aromatic amines is 1. The smallest absolute Gasteiger partial charge is 0.257 e. The number of carbonyl (C=O) groups excluding carboxylic acids is 1. The lowest BCUT2D eigenvalue weighted by Crippen LogP contribution is -2.36. The van der Waals surface area contributed by atoms with E-state index in [0.717, 1.165) is 28.8 Å². The summed E-state index contributed by atoms with van der Waals surface area (Å²) < 4.78 is 11.1. The summed E-state index contributed by atoms with van der Waals surface area (Å²) in [7, 11) is 1.63. The zero-order valence-electron chi connectivity index (χ0n) is 19.0. The van der Waals surface area contributed by atoms with Gasteiger partial charge in [0.15, 0.2) is 0 Å². The molecule has 1 fully saturated rings. The van der Waals surface area contributed by atoms with Gasteiger partial charge in [0.05, 0.1) is 37.6 Å². The Kier molecular flexibility index (Phi) is 6.40. The number of hydrogen-bond donors (Lipinski definition) is 2. The fraction of sp³-hybridized carbons (Fsp3) is 0.269. The molecule has 0 radical (unpaired) electrons. The van der Waals surface area contributed by atoms with Crippen molar-refractivity contribution < 1.29 is 14.3 Å². The van der Waals surface area contributed by atoms with Crippen LogP contribution in [0.5, 0.6) is 5.75 Å². The zero-order valence-corrected chi connectivity index (χ0v) is 19.0. The van der Waals surface area contributed by atoms with Crippen LogP contribution in [0.2, 0.25) is 0 Å². The SMILES string of the molecule is COc1ccc(Nc2ncccc2C(=O)N2CCOCC(Cc3cccc4[nH]ncc34)C2)cc1. The third-order valence-electron chi connectivity index (χ3n) is 6.10. The highest BCUT2D eigenvalue weighted by Gasteiger charge is 2.26. The van der Waals surface area contributed by atoms with Gasteiger partial charge in [-0.25, -0.2) is 4.98 Å². The molecule has 2 aromatic carbocycles. The van der Waals surface area contributed by atoms with Crippen LogP contribution in [0.15, 0.2) is 67.0 Å². The maximum absolute atomic E-state index is 13.6. The number of carbonyl (C=O) groups is 1. The molecular weight excluding hydrogens is 430 g/mol. The summed E-state index contributed by atoms with van der Waals surface area (Å²) in [4.78, 5) is 19.9. The molecule has 4 aromatic rings. The summed E-state index contributed by atoms with van der Waals surface area (Å²) in [5.74, 6) is 1.43. The van der Waals surface area contributed by atoms with Gasteiger partial charge in [0, 0.05) is 36.3 Å². The van der Waals surface area contributed by atoms with Crippen LogP contribution in [0.25, 0.3) is 10.9 Å². The Morgan fingerprint density at radius 3 is 2.94 bits per heavy atom. The number of nitrogens with zero attached hydrogens (tertiary/aromatic N) is 3. The molecule has 3 heterocycles. The van der Waals surface area contributed by atoms with Gasteiger partial charge < -0.3 is 19.7 Å². The number of rotatable bonds is 6. The number of ether oxygens (including phenoxy) is 2. The monoisotopic (exact) mass is 457 g/mol. The molecule has 1 atom stereocenters. The van der Waals surface area contributed by atoms with Gasteiger partial charge in [0.25, 0.3) is 5.91 Å². The third-order valence-corrected chi connectivity index (χ3v) is 6.10. The van der Waals surface area contributed by atoms with Crippen molar-refractivity contribution in [1.29, 1.82) is 0 Å². The van der Waals surface area contributed by atoms with E-state index in [1.807, 2.05) is 53.6 Å². The molecule has 174 valence electrons. The summed E-state index contributed by atoms with van der Waals surface area (Å²) in [6.45, 7) is 2.29. The lowest BCUT2D eigenvalue weighted by molar-refractivity contribution is 0.0738. The van der Waals surface area contributed by atoms with Crippen molar-refractivity contribution in [3.63, 3.8) is 0 Å². The predicted octanol–water partition coefficient (Wildman–Crippen LogP) is 4.04. The van der Waals surface area contributed by atoms with Crippen LogP contribution in [0.4, 0.5) is 11.5 Å². The molecule has 1 aliphatic rings. The van der Waals surface area contributed by atoms with Crippen LogP contribution in [0.3, 0.4) is 0 Å². The highest BCUT2D eigenvalue weighted by Crippen LogP contribution is 2.25. The van der Waals surface area contributed by atoms with Gasteiger partial charge >= 0.3 is 0 Å². The minimum absolute atomic E-state index is 0.0545. The Labute approximate surface area is 197 Å². The van der Waals surface area contributed by atoms with Gasteiger partial charge in [-0.15, -0.1) is 0 Å². The number of hydrogen-bond acceptors (Lipinski definition) is 6. The van der Waals surface area contributed by atoms with E-state index in [2.05, 4.69) is 26.6 Å². The molecule has 0 saturated carbocycles. The van der Waals surface area contributed by atoms with Crippen molar-refractivity contribution in [3.8, 4) is 5.75 Å². The summed E-state index contributed by atoms with van der Waals surface area (Å²) in [5, 5.41) is 11.6. The number of methoxy groups -OCH3 is 1. The molecule has 0 spiro atoms. The first-order valence-electron chi connectivity index (χ1n) is 11.4. The Morgan fingerprint density at radius 1 is 1.21 bits per heavy atom. The number of amides is 1. The second kappa shape index (κ2) is 9.93. The maximum atomic E-state index is 13.6. The van der Waals surface area contributed by atoms with E-state index in [9.17, 15) is 4.79 Å². The molecule has 8 nitrogen and oxygen atoms in total. The van der Waals surface area contributed by atoms with Crippen molar-refractivity contribution in [2.24, 2.45) is 5.92 Å². The molecule has 0 bridgehead atoms. The fourth-order valence-electron chi connectivity index (χ4n) is 4.37. The standard InChI is InChI=1S/C26H27N5O3/c1-33-21-9-7-20(8-10-21)29-25-22(5-3-11-27-25)26(32)31-12-13-34-17-18(16-31)14-19-4-2-6-24-23(19)15-28-30-24/h2-11,15,18H,12-14,16-17H2,1H3,(H,27,29)(H,28,30). The van der Waals surface area contributed by atoms with Crippen LogP contribution in [-0.2, 0) is 11.2 Å². The zero-order chi connectivity index (χ0) is 23.3. The summed E-state index contributed by atoms with van der Waals surface area (Å²) in [5.41, 5.74) is 3.59. The topological polar surface area (TPSA) is 92.4 Å². The minimum Gasteiger partial charge on any atom is -0.497 e. The number of nitrogens with one attached hydrogen (secondary N) is 2. The van der Waals surface area contributed by atoms with E-state index in [1.54, 1.807) is 19.4 Å². The number of pyridine rings is 1. The molecule has 1 saturated heterocycles. The van der Waals surface area contributed by atoms with Crippen LogP contribution < -0.4 is 10.1 Å². The average molecular weight is 458 g/mol. The Bertz CT molecular complexity index is 1270. The molecule has 2 N–H and O–H groups in total. The van der Waals surface area contributed by atoms with Gasteiger partial charge in [-0.05, 0) is 54.4 Å². The second-order valence-corrected chi connectivity index (χ2v) is 8.40. The lowest BCUT2D eigenvalue weighted by atomic mass is 9.97. The van der Waals surface area contributed by atoms with Crippen LogP contribution in [-0.4, -0.2) is 59.4 Å². The van der Waals surface area contributed by atoms with Crippen molar-refractivity contribution in [1.82, 2.24) is 20.1 Å². The minimum atomic E-state index is -0.0545. The van der Waals surface area contributed by atoms with Crippen molar-refractivity contribution in [3.05, 3.63) is 78.1 Å². The summed E-state index contributed by atoms with van der Waals surface area (Å²) >= 11 is 0. The summed E-state index contributed by atoms with van der Waals surface area (Å²) in [6.07, 6.45) is 4.35. The van der Waals surface area contributed by atoms with E-state index in [4.69, 9.17) is 9.47 Å². The van der Waals surface area contributed by atoms with E-state index >= 15 is 0 Å². The molecule has 1 unspecified atom stereocenters. The largest absolute Gasteiger partial charge is 0.497 e. The Morgan fingerprint density at radius 2 is 2.09 bits per heavy atom. The molecular formula is C26H27N5O3. The van der Waals surface area contributed by atoms with E-state index in [1.165, 1.54) is 5.56 Å². The Balaban J connectivity index is 1.34. The van der Waals surface area contributed by atoms with Crippen LogP contribution in [0.1, 0.15) is 15.9 Å². The van der Waals surface area contributed by atoms with Crippen molar-refractivity contribution >= 4 is 28.3 Å². The predicted molar refractivity (Wildman–Crippen MR) is 131 cm³/mol. The molecule has 5 rings (SSSR count). The molecule has 0 aliphatic carbocycles. The van der Waals surface area contributed by atoms with Crippen LogP contribution >= 0.6 is 0 Å². The maximum Gasteiger partial charge on any atom is 0.257 e. The Hall–Kier alpha value is -3.91. The number of anilines is 2. The number of H-pyrrole nitrogens is 1. The fourth-order valence-corrected chi connectivity index (χ4v) is 4.37. The van der Waals surface area contributed by atoms with Gasteiger partial charge in [-0.1, -0.05) is 12.1 Å². The molecule has 2 aromatic heterocycles. The van der Waals surface area contributed by atoms with Crippen molar-refractivity contribution in [2.45, 2.75) is 6.42 Å². The third kappa shape index (κ3) is 4.72. The van der Waals surface area contributed by atoms with E-state index in [0.29, 0.717) is 37.7 Å². The first-order chi connectivity index (χ1) is 16.7. The summed E-state index contributed by atoms with van der Waals surface area (Å²) in [6, 6.07) is 17.3.